The maximum atomic E-state index is 12.9. The molecular weight excluding hydrogens is 985 g/mol. The summed E-state index contributed by atoms with van der Waals surface area (Å²) >= 11 is 0. The van der Waals surface area contributed by atoms with E-state index in [-0.39, 0.29) is 37.5 Å². The van der Waals surface area contributed by atoms with Gasteiger partial charge in [0, 0.05) is 19.3 Å². The summed E-state index contributed by atoms with van der Waals surface area (Å²) in [5, 5.41) is 0. The first-order chi connectivity index (χ1) is 39.5. The van der Waals surface area contributed by atoms with Gasteiger partial charge in [0.05, 0.1) is 0 Å². The van der Waals surface area contributed by atoms with Crippen molar-refractivity contribution in [1.82, 2.24) is 0 Å². The summed E-state index contributed by atoms with van der Waals surface area (Å²) in [6.07, 6.45) is 92.7. The van der Waals surface area contributed by atoms with Gasteiger partial charge >= 0.3 is 17.9 Å². The van der Waals surface area contributed by atoms with Gasteiger partial charge < -0.3 is 14.2 Å². The van der Waals surface area contributed by atoms with Crippen LogP contribution in [0, 0.1) is 0 Å². The number of unbranched alkanes of at least 4 members (excludes halogenated alkanes) is 32. The molecule has 0 amide bonds. The Bertz CT molecular complexity index is 1610. The molecule has 0 aliphatic heterocycles. The van der Waals surface area contributed by atoms with E-state index in [1.165, 1.54) is 173 Å². The van der Waals surface area contributed by atoms with Gasteiger partial charge in [-0.15, -0.1) is 0 Å². The van der Waals surface area contributed by atoms with Crippen LogP contribution in [0.5, 0.6) is 0 Å². The highest BCUT2D eigenvalue weighted by atomic mass is 16.6. The van der Waals surface area contributed by atoms with Crippen LogP contribution in [0.2, 0.25) is 0 Å². The van der Waals surface area contributed by atoms with Crippen LogP contribution in [0.4, 0.5) is 0 Å². The molecule has 0 heterocycles. The summed E-state index contributed by atoms with van der Waals surface area (Å²) in [7, 11) is 0. The lowest BCUT2D eigenvalue weighted by atomic mass is 10.0. The Morgan fingerprint density at radius 2 is 0.487 bits per heavy atom. The van der Waals surface area contributed by atoms with Gasteiger partial charge in [0.15, 0.2) is 6.10 Å². The molecule has 0 aliphatic rings. The fourth-order valence-electron chi connectivity index (χ4n) is 9.51. The van der Waals surface area contributed by atoms with Crippen molar-refractivity contribution in [2.45, 2.75) is 329 Å². The second-order valence-electron chi connectivity index (χ2n) is 22.4. The number of hydrogen-bond donors (Lipinski definition) is 0. The number of carbonyl (C=O) groups excluding carboxylic acids is 3. The molecule has 0 bridgehead atoms. The lowest BCUT2D eigenvalue weighted by Crippen LogP contribution is -2.30. The van der Waals surface area contributed by atoms with Gasteiger partial charge in [-0.25, -0.2) is 0 Å². The largest absolute Gasteiger partial charge is 0.462 e. The van der Waals surface area contributed by atoms with Crippen molar-refractivity contribution in [3.63, 3.8) is 0 Å². The van der Waals surface area contributed by atoms with Gasteiger partial charge in [0.1, 0.15) is 13.2 Å². The van der Waals surface area contributed by atoms with E-state index in [1.807, 2.05) is 0 Å². The highest BCUT2D eigenvalue weighted by molar-refractivity contribution is 5.71. The van der Waals surface area contributed by atoms with Crippen LogP contribution in [0.3, 0.4) is 0 Å². The van der Waals surface area contributed by atoms with E-state index in [2.05, 4.69) is 130 Å². The fraction of sp³-hybridized carbons (Fsp3) is 0.716. The molecule has 0 fully saturated rings. The monoisotopic (exact) mass is 1110 g/mol. The molecular formula is C74H126O6. The maximum absolute atomic E-state index is 12.9. The summed E-state index contributed by atoms with van der Waals surface area (Å²) in [5.74, 6) is -0.945. The minimum atomic E-state index is -0.800. The standard InChI is InChI=1S/C74H126O6/c1-4-7-10-13-16-19-22-24-26-28-30-32-34-35-36-37-38-39-41-42-44-46-48-50-52-55-58-61-64-67-73(76)79-70-71(69-78-72(75)66-63-60-57-54-21-18-15-12-9-6-3)80-74(77)68-65-62-59-56-53-51-49-47-45-43-40-33-31-29-27-25-23-20-17-14-11-8-5-2/h7,10,16,19,24,26,30,32,35-36,38-39,42,44,48,50,55,58,71H,4-6,8-9,11-15,17-18,20-23,25,27-29,31,33-34,37,40-41,43,45-47,49,51-54,56-57,59-70H2,1-3H3/b10-7-,19-16-,26-24-,32-30-,36-35-,39-38-,44-42-,50-48-,58-55-. The van der Waals surface area contributed by atoms with E-state index in [1.54, 1.807) is 0 Å². The molecule has 0 saturated heterocycles. The van der Waals surface area contributed by atoms with Crippen molar-refractivity contribution in [2.75, 3.05) is 13.2 Å². The Balaban J connectivity index is 4.33. The van der Waals surface area contributed by atoms with E-state index < -0.39 is 6.10 Å². The molecule has 1 unspecified atom stereocenters. The number of esters is 3. The number of carbonyl (C=O) groups is 3. The minimum absolute atomic E-state index is 0.0927. The smallest absolute Gasteiger partial charge is 0.306 e. The molecule has 0 rings (SSSR count). The van der Waals surface area contributed by atoms with Gasteiger partial charge in [0.25, 0.3) is 0 Å². The van der Waals surface area contributed by atoms with Crippen LogP contribution in [-0.4, -0.2) is 37.2 Å². The van der Waals surface area contributed by atoms with Crippen LogP contribution in [0.25, 0.3) is 0 Å². The third-order valence-corrected chi connectivity index (χ3v) is 14.5. The van der Waals surface area contributed by atoms with E-state index in [0.717, 1.165) is 103 Å². The van der Waals surface area contributed by atoms with E-state index in [4.69, 9.17) is 14.2 Å². The quantitative estimate of drug-likeness (QED) is 0.0261. The highest BCUT2D eigenvalue weighted by Gasteiger charge is 2.19. The van der Waals surface area contributed by atoms with Gasteiger partial charge in [-0.1, -0.05) is 329 Å². The summed E-state index contributed by atoms with van der Waals surface area (Å²) in [6, 6.07) is 0. The Hall–Kier alpha value is -3.93. The third kappa shape index (κ3) is 64.9. The van der Waals surface area contributed by atoms with Crippen molar-refractivity contribution in [3.05, 3.63) is 109 Å². The van der Waals surface area contributed by atoms with Gasteiger partial charge in [-0.2, -0.15) is 0 Å². The first-order valence-corrected chi connectivity index (χ1v) is 33.9. The third-order valence-electron chi connectivity index (χ3n) is 14.5. The fourth-order valence-corrected chi connectivity index (χ4v) is 9.51. The zero-order valence-corrected chi connectivity index (χ0v) is 52.6. The first kappa shape index (κ1) is 76.1. The van der Waals surface area contributed by atoms with Crippen molar-refractivity contribution < 1.29 is 28.6 Å². The molecule has 80 heavy (non-hydrogen) atoms. The summed E-state index contributed by atoms with van der Waals surface area (Å²) < 4.78 is 16.9. The average Bonchev–Trinajstić information content (AvgIpc) is 3.46. The Morgan fingerprint density at radius 3 is 0.762 bits per heavy atom. The van der Waals surface area contributed by atoms with E-state index in [0.29, 0.717) is 19.3 Å². The molecule has 6 nitrogen and oxygen atoms in total. The molecule has 0 saturated carbocycles. The predicted molar refractivity (Wildman–Crippen MR) is 348 cm³/mol. The minimum Gasteiger partial charge on any atom is -0.462 e. The van der Waals surface area contributed by atoms with Crippen LogP contribution < -0.4 is 0 Å². The molecule has 0 radical (unpaired) electrons. The molecule has 458 valence electrons. The van der Waals surface area contributed by atoms with Gasteiger partial charge in [-0.3, -0.25) is 14.4 Å². The van der Waals surface area contributed by atoms with Gasteiger partial charge in [0.2, 0.25) is 0 Å². The zero-order valence-electron chi connectivity index (χ0n) is 52.6. The average molecular weight is 1110 g/mol. The van der Waals surface area contributed by atoms with Crippen LogP contribution in [0.1, 0.15) is 323 Å². The van der Waals surface area contributed by atoms with E-state index >= 15 is 0 Å². The number of allylic oxidation sites excluding steroid dienone is 18. The lowest BCUT2D eigenvalue weighted by Gasteiger charge is -2.18. The Labute approximate surface area is 495 Å². The van der Waals surface area contributed by atoms with Crippen LogP contribution in [0.15, 0.2) is 109 Å². The summed E-state index contributed by atoms with van der Waals surface area (Å²) in [4.78, 5) is 38.3. The van der Waals surface area contributed by atoms with Crippen LogP contribution in [-0.2, 0) is 28.6 Å². The molecule has 0 aromatic carbocycles. The highest BCUT2D eigenvalue weighted by Crippen LogP contribution is 2.17. The van der Waals surface area contributed by atoms with Gasteiger partial charge in [-0.05, 0) is 83.5 Å². The van der Waals surface area contributed by atoms with Crippen molar-refractivity contribution in [2.24, 2.45) is 0 Å². The molecule has 0 aliphatic carbocycles. The Morgan fingerprint density at radius 1 is 0.263 bits per heavy atom. The summed E-state index contributed by atoms with van der Waals surface area (Å²) in [6.45, 7) is 6.50. The first-order valence-electron chi connectivity index (χ1n) is 33.9. The molecule has 6 heteroatoms. The second kappa shape index (κ2) is 67.6. The zero-order chi connectivity index (χ0) is 57.8. The molecule has 0 spiro atoms. The second-order valence-corrected chi connectivity index (χ2v) is 22.4. The molecule has 1 atom stereocenters. The number of rotatable bonds is 61. The Kier molecular flexibility index (Phi) is 64.3. The van der Waals surface area contributed by atoms with E-state index in [9.17, 15) is 14.4 Å². The normalized spacial score (nSPS) is 12.8. The number of hydrogen-bond acceptors (Lipinski definition) is 6. The molecule has 0 aromatic heterocycles. The van der Waals surface area contributed by atoms with Crippen LogP contribution >= 0.6 is 0 Å². The molecule has 0 aromatic rings. The van der Waals surface area contributed by atoms with Crippen molar-refractivity contribution in [3.8, 4) is 0 Å². The number of ether oxygens (including phenoxy) is 3. The van der Waals surface area contributed by atoms with Crippen molar-refractivity contribution >= 4 is 17.9 Å². The molecule has 0 N–H and O–H groups in total. The maximum Gasteiger partial charge on any atom is 0.306 e. The summed E-state index contributed by atoms with van der Waals surface area (Å²) in [5.41, 5.74) is 0. The van der Waals surface area contributed by atoms with Crippen molar-refractivity contribution in [1.29, 1.82) is 0 Å². The lowest BCUT2D eigenvalue weighted by molar-refractivity contribution is -0.167. The topological polar surface area (TPSA) is 78.9 Å². The predicted octanol–water partition coefficient (Wildman–Crippen LogP) is 23.4. The SMILES string of the molecule is CC/C=C\C/C=C\C/C=C\C/C=C\C/C=C\C/C=C\C/C=C\C/C=C\C/C=C\CCCC(=O)OCC(COC(=O)CCCCCCCCCCCC)OC(=O)CCCCCCCCCCCCCCCCCCCCCCCCC.